The van der Waals surface area contributed by atoms with E-state index in [0.717, 1.165) is 36.8 Å². The Balaban J connectivity index is 1.64. The maximum Gasteiger partial charge on any atom is 0.225 e. The first kappa shape index (κ1) is 24.2. The van der Waals surface area contributed by atoms with E-state index < -0.39 is 0 Å². The van der Waals surface area contributed by atoms with Crippen molar-refractivity contribution < 1.29 is 14.3 Å². The molecule has 4 rings (SSSR count). The second kappa shape index (κ2) is 11.4. The van der Waals surface area contributed by atoms with Gasteiger partial charge in [0.2, 0.25) is 5.91 Å². The molecule has 2 heterocycles. The number of hydrogen-bond acceptors (Lipinski definition) is 6. The molecule has 0 N–H and O–H groups in total. The lowest BCUT2D eigenvalue weighted by Gasteiger charge is -2.29. The van der Waals surface area contributed by atoms with Gasteiger partial charge in [-0.05, 0) is 43.2 Å². The summed E-state index contributed by atoms with van der Waals surface area (Å²) in [5.74, 6) is 2.01. The third kappa shape index (κ3) is 5.56. The number of hydrogen-bond donors (Lipinski definition) is 0. The van der Waals surface area contributed by atoms with Crippen molar-refractivity contribution in [1.29, 1.82) is 0 Å². The maximum absolute atomic E-state index is 13.0. The van der Waals surface area contributed by atoms with Gasteiger partial charge in [0.1, 0.15) is 5.75 Å². The number of carbonyl (C=O) groups excluding carboxylic acids is 1. The molecule has 9 heteroatoms. The largest absolute Gasteiger partial charge is 0.495 e. The van der Waals surface area contributed by atoms with Gasteiger partial charge in [-0.3, -0.25) is 9.78 Å². The summed E-state index contributed by atoms with van der Waals surface area (Å²) in [6, 6.07) is 9.59. The average Bonchev–Trinajstić information content (AvgIpc) is 3.54. The highest BCUT2D eigenvalue weighted by atomic mass is 35.5. The summed E-state index contributed by atoms with van der Waals surface area (Å²) in [5, 5.41) is 5.29. The van der Waals surface area contributed by atoms with E-state index in [2.05, 4.69) is 4.98 Å². The predicted molar refractivity (Wildman–Crippen MR) is 131 cm³/mol. The summed E-state index contributed by atoms with van der Waals surface area (Å²) < 4.78 is 12.3. The van der Waals surface area contributed by atoms with Gasteiger partial charge in [0.15, 0.2) is 11.6 Å². The first-order valence-electron chi connectivity index (χ1n) is 11.6. The number of benzene rings is 1. The van der Waals surface area contributed by atoms with Crippen LogP contribution in [0.25, 0.3) is 22.8 Å². The van der Waals surface area contributed by atoms with E-state index in [1.807, 2.05) is 39.9 Å². The number of halogens is 1. The molecule has 0 spiro atoms. The molecule has 1 aromatic carbocycles. The molecule has 8 nitrogen and oxygen atoms in total. The summed E-state index contributed by atoms with van der Waals surface area (Å²) in [7, 11) is 3.21. The fourth-order valence-electron chi connectivity index (χ4n) is 4.40. The molecule has 1 aliphatic carbocycles. The van der Waals surface area contributed by atoms with Crippen LogP contribution in [0.5, 0.6) is 5.75 Å². The lowest BCUT2D eigenvalue weighted by molar-refractivity contribution is -0.134. The summed E-state index contributed by atoms with van der Waals surface area (Å²) in [6.07, 6.45) is 8.21. The molecule has 0 bridgehead atoms. The zero-order valence-electron chi connectivity index (χ0n) is 19.6. The highest BCUT2D eigenvalue weighted by molar-refractivity contribution is 6.32. The third-order valence-corrected chi connectivity index (χ3v) is 6.47. The molecule has 3 aromatic rings. The standard InChI is InChI=1S/C25H30ClN5O3/c1-33-16-11-23(32)30(20-5-3-4-6-20)14-15-31-25(19-7-8-22(34-2)21(26)17-19)28-24(29-31)18-9-12-27-13-10-18/h7-10,12-13,17,20H,3-6,11,14-16H2,1-2H3. The molecule has 34 heavy (non-hydrogen) atoms. The fraction of sp³-hybridized carbons (Fsp3) is 0.440. The molecule has 0 saturated heterocycles. The number of pyridine rings is 1. The van der Waals surface area contributed by atoms with Crippen LogP contribution in [0.15, 0.2) is 42.7 Å². The van der Waals surface area contributed by atoms with E-state index in [1.54, 1.807) is 26.6 Å². The zero-order chi connectivity index (χ0) is 23.9. The second-order valence-corrected chi connectivity index (χ2v) is 8.74. The van der Waals surface area contributed by atoms with Crippen LogP contribution in [-0.2, 0) is 16.1 Å². The molecule has 2 aromatic heterocycles. The maximum atomic E-state index is 13.0. The summed E-state index contributed by atoms with van der Waals surface area (Å²) in [5.41, 5.74) is 1.70. The molecule has 180 valence electrons. The van der Waals surface area contributed by atoms with Crippen LogP contribution in [0.3, 0.4) is 0 Å². The average molecular weight is 484 g/mol. The Kier molecular flexibility index (Phi) is 8.13. The number of carbonyl (C=O) groups is 1. The molecule has 1 fully saturated rings. The Hall–Kier alpha value is -2.97. The minimum atomic E-state index is 0.122. The Morgan fingerprint density at radius 2 is 1.91 bits per heavy atom. The topological polar surface area (TPSA) is 82.4 Å². The van der Waals surface area contributed by atoms with Crippen LogP contribution in [0.2, 0.25) is 5.02 Å². The summed E-state index contributed by atoms with van der Waals surface area (Å²) >= 11 is 6.40. The SMILES string of the molecule is COCCC(=O)N(CCn1nc(-c2ccncc2)nc1-c1ccc(OC)c(Cl)c1)C1CCCC1. The quantitative estimate of drug-likeness (QED) is 0.423. The Morgan fingerprint density at radius 3 is 2.59 bits per heavy atom. The highest BCUT2D eigenvalue weighted by Gasteiger charge is 2.27. The molecule has 1 aliphatic rings. The van der Waals surface area contributed by atoms with Crippen LogP contribution >= 0.6 is 11.6 Å². The first-order valence-corrected chi connectivity index (χ1v) is 12.0. The van der Waals surface area contributed by atoms with Crippen molar-refractivity contribution in [2.24, 2.45) is 0 Å². The number of ether oxygens (including phenoxy) is 2. The van der Waals surface area contributed by atoms with Gasteiger partial charge in [0, 0.05) is 43.2 Å². The third-order valence-electron chi connectivity index (χ3n) is 6.18. The van der Waals surface area contributed by atoms with Gasteiger partial charge in [0.05, 0.1) is 31.7 Å². The second-order valence-electron chi connectivity index (χ2n) is 8.34. The van der Waals surface area contributed by atoms with Crippen LogP contribution in [0.1, 0.15) is 32.1 Å². The van der Waals surface area contributed by atoms with Crippen molar-refractivity contribution in [3.63, 3.8) is 0 Å². The summed E-state index contributed by atoms with van der Waals surface area (Å²) in [6.45, 7) is 1.50. The van der Waals surface area contributed by atoms with E-state index in [-0.39, 0.29) is 11.9 Å². The van der Waals surface area contributed by atoms with Gasteiger partial charge in [-0.2, -0.15) is 5.10 Å². The monoisotopic (exact) mass is 483 g/mol. The van der Waals surface area contributed by atoms with Crippen molar-refractivity contribution >= 4 is 17.5 Å². The minimum absolute atomic E-state index is 0.122. The van der Waals surface area contributed by atoms with Crippen LogP contribution in [0, 0.1) is 0 Å². The Morgan fingerprint density at radius 1 is 1.15 bits per heavy atom. The minimum Gasteiger partial charge on any atom is -0.495 e. The zero-order valence-corrected chi connectivity index (χ0v) is 20.4. The molecule has 0 aliphatic heterocycles. The van der Waals surface area contributed by atoms with Gasteiger partial charge >= 0.3 is 0 Å². The first-order chi connectivity index (χ1) is 16.6. The van der Waals surface area contributed by atoms with Crippen LogP contribution < -0.4 is 4.74 Å². The van der Waals surface area contributed by atoms with E-state index in [9.17, 15) is 4.79 Å². The molecule has 0 unspecified atom stereocenters. The molecular formula is C25H30ClN5O3. The van der Waals surface area contributed by atoms with Crippen molar-refractivity contribution in [2.45, 2.75) is 44.7 Å². The van der Waals surface area contributed by atoms with E-state index in [4.69, 9.17) is 31.2 Å². The Labute approximate surface area is 204 Å². The lowest BCUT2D eigenvalue weighted by atomic mass is 10.2. The van der Waals surface area contributed by atoms with Gasteiger partial charge < -0.3 is 14.4 Å². The van der Waals surface area contributed by atoms with Crippen molar-refractivity contribution in [1.82, 2.24) is 24.6 Å². The molecule has 1 saturated carbocycles. The number of amides is 1. The number of aromatic nitrogens is 4. The molecule has 0 atom stereocenters. The van der Waals surface area contributed by atoms with E-state index in [0.29, 0.717) is 48.5 Å². The predicted octanol–water partition coefficient (Wildman–Crippen LogP) is 4.48. The van der Waals surface area contributed by atoms with Crippen LogP contribution in [-0.4, -0.2) is 64.0 Å². The Bertz CT molecular complexity index is 1100. The van der Waals surface area contributed by atoms with Gasteiger partial charge in [-0.1, -0.05) is 24.4 Å². The van der Waals surface area contributed by atoms with Gasteiger partial charge in [-0.25, -0.2) is 9.67 Å². The molecular weight excluding hydrogens is 454 g/mol. The van der Waals surface area contributed by atoms with Crippen molar-refractivity contribution in [2.75, 3.05) is 27.4 Å². The fourth-order valence-corrected chi connectivity index (χ4v) is 4.66. The van der Waals surface area contributed by atoms with E-state index in [1.165, 1.54) is 0 Å². The van der Waals surface area contributed by atoms with E-state index >= 15 is 0 Å². The molecule has 0 radical (unpaired) electrons. The van der Waals surface area contributed by atoms with Gasteiger partial charge in [-0.15, -0.1) is 0 Å². The summed E-state index contributed by atoms with van der Waals surface area (Å²) in [4.78, 5) is 23.9. The number of nitrogens with zero attached hydrogens (tertiary/aromatic N) is 5. The normalized spacial score (nSPS) is 13.9. The molecule has 1 amide bonds. The smallest absolute Gasteiger partial charge is 0.225 e. The number of rotatable bonds is 10. The lowest BCUT2D eigenvalue weighted by Crippen LogP contribution is -2.41. The van der Waals surface area contributed by atoms with Crippen molar-refractivity contribution in [3.8, 4) is 28.5 Å². The van der Waals surface area contributed by atoms with Crippen LogP contribution in [0.4, 0.5) is 0 Å². The van der Waals surface area contributed by atoms with Crippen molar-refractivity contribution in [3.05, 3.63) is 47.7 Å². The van der Waals surface area contributed by atoms with Gasteiger partial charge in [0.25, 0.3) is 0 Å². The highest BCUT2D eigenvalue weighted by Crippen LogP contribution is 2.31. The number of methoxy groups -OCH3 is 2.